The van der Waals surface area contributed by atoms with Gasteiger partial charge in [-0.2, -0.15) is 8.78 Å². The highest BCUT2D eigenvalue weighted by atomic mass is 19.3. The van der Waals surface area contributed by atoms with Crippen molar-refractivity contribution in [1.29, 1.82) is 0 Å². The van der Waals surface area contributed by atoms with Gasteiger partial charge in [-0.25, -0.2) is 0 Å². The third-order valence-corrected chi connectivity index (χ3v) is 2.74. The van der Waals surface area contributed by atoms with Crippen LogP contribution in [0.15, 0.2) is 48.1 Å². The molecule has 0 aromatic heterocycles. The molecule has 0 aliphatic heterocycles. The molecule has 0 bridgehead atoms. The van der Waals surface area contributed by atoms with Crippen molar-refractivity contribution in [3.05, 3.63) is 58.5 Å². The fraction of sp³-hybridized carbons (Fsp3) is 0.0769. The zero-order valence-electron chi connectivity index (χ0n) is 7.87. The maximum atomic E-state index is 13.7. The standard InChI is InChI=1S/C13H8F2/c14-13(15)7-3-5-10-8-9-4-1-2-6-11(9)12(10)13/h1-8H. The molecule has 2 aliphatic carbocycles. The minimum absolute atomic E-state index is 0.139. The molecule has 1 aromatic rings. The van der Waals surface area contributed by atoms with Crippen molar-refractivity contribution in [2.45, 2.75) is 5.92 Å². The SMILES string of the molecule is FC1(F)C=CC=C2C=c3ccccc3=C21. The van der Waals surface area contributed by atoms with E-state index in [1.54, 1.807) is 18.2 Å². The van der Waals surface area contributed by atoms with Gasteiger partial charge in [0, 0.05) is 5.57 Å². The second-order valence-corrected chi connectivity index (χ2v) is 3.71. The van der Waals surface area contributed by atoms with E-state index in [1.165, 1.54) is 6.08 Å². The molecule has 0 radical (unpaired) electrons. The fourth-order valence-electron chi connectivity index (χ4n) is 2.11. The van der Waals surface area contributed by atoms with Gasteiger partial charge in [0.05, 0.1) is 0 Å². The number of rotatable bonds is 0. The summed E-state index contributed by atoms with van der Waals surface area (Å²) in [6, 6.07) is 7.25. The molecule has 0 saturated heterocycles. The summed E-state index contributed by atoms with van der Waals surface area (Å²) in [5, 5.41) is 1.53. The van der Waals surface area contributed by atoms with Crippen LogP contribution in [0.25, 0.3) is 11.6 Å². The predicted octanol–water partition coefficient (Wildman–Crippen LogP) is 1.76. The Balaban J connectivity index is 2.47. The molecule has 3 rings (SSSR count). The summed E-state index contributed by atoms with van der Waals surface area (Å²) in [4.78, 5) is 0. The van der Waals surface area contributed by atoms with E-state index in [9.17, 15) is 8.78 Å². The third kappa shape index (κ3) is 1.11. The summed E-state index contributed by atoms with van der Waals surface area (Å²) in [7, 11) is 0. The van der Waals surface area contributed by atoms with Crippen LogP contribution in [0, 0.1) is 0 Å². The van der Waals surface area contributed by atoms with Crippen molar-refractivity contribution in [1.82, 2.24) is 0 Å². The summed E-state index contributed by atoms with van der Waals surface area (Å²) in [5.41, 5.74) is 0.768. The highest BCUT2D eigenvalue weighted by Crippen LogP contribution is 2.36. The van der Waals surface area contributed by atoms with E-state index < -0.39 is 5.92 Å². The van der Waals surface area contributed by atoms with E-state index in [0.29, 0.717) is 10.8 Å². The van der Waals surface area contributed by atoms with Crippen molar-refractivity contribution in [3.8, 4) is 0 Å². The number of benzene rings is 1. The van der Waals surface area contributed by atoms with Crippen molar-refractivity contribution < 1.29 is 8.78 Å². The molecule has 74 valence electrons. The Morgan fingerprint density at radius 2 is 1.87 bits per heavy atom. The van der Waals surface area contributed by atoms with Gasteiger partial charge in [-0.15, -0.1) is 0 Å². The summed E-state index contributed by atoms with van der Waals surface area (Å²) in [5.74, 6) is -2.84. The smallest absolute Gasteiger partial charge is 0.196 e. The largest absolute Gasteiger partial charge is 0.293 e. The van der Waals surface area contributed by atoms with Gasteiger partial charge in [0.25, 0.3) is 5.92 Å². The average Bonchev–Trinajstić information content (AvgIpc) is 2.56. The average molecular weight is 202 g/mol. The Hall–Kier alpha value is -1.70. The first-order valence-electron chi connectivity index (χ1n) is 4.78. The van der Waals surface area contributed by atoms with Gasteiger partial charge in [-0.3, -0.25) is 0 Å². The number of halogens is 2. The molecular weight excluding hydrogens is 194 g/mol. The van der Waals surface area contributed by atoms with E-state index >= 15 is 0 Å². The van der Waals surface area contributed by atoms with Crippen molar-refractivity contribution in [2.24, 2.45) is 0 Å². The third-order valence-electron chi connectivity index (χ3n) is 2.74. The normalized spacial score (nSPS) is 20.4. The van der Waals surface area contributed by atoms with Gasteiger partial charge in [-0.05, 0) is 28.2 Å². The van der Waals surface area contributed by atoms with E-state index in [0.717, 1.165) is 11.3 Å². The minimum Gasteiger partial charge on any atom is -0.196 e. The van der Waals surface area contributed by atoms with Crippen molar-refractivity contribution >= 4 is 11.6 Å². The Labute approximate surface area is 85.5 Å². The van der Waals surface area contributed by atoms with Crippen molar-refractivity contribution in [2.75, 3.05) is 0 Å². The molecule has 1 aromatic carbocycles. The molecule has 0 fully saturated rings. The molecule has 0 spiro atoms. The van der Waals surface area contributed by atoms with Crippen LogP contribution >= 0.6 is 0 Å². The van der Waals surface area contributed by atoms with Crippen molar-refractivity contribution in [3.63, 3.8) is 0 Å². The Kier molecular flexibility index (Phi) is 1.52. The van der Waals surface area contributed by atoms with Gasteiger partial charge >= 0.3 is 0 Å². The predicted molar refractivity (Wildman–Crippen MR) is 55.7 cm³/mol. The number of alkyl halides is 2. The highest BCUT2D eigenvalue weighted by Gasteiger charge is 2.36. The quantitative estimate of drug-likeness (QED) is 0.601. The summed E-state index contributed by atoms with van der Waals surface area (Å²) in [6.07, 6.45) is 5.90. The van der Waals surface area contributed by atoms with Crippen LogP contribution in [0.2, 0.25) is 0 Å². The molecule has 2 heteroatoms. The monoisotopic (exact) mass is 202 g/mol. The Bertz CT molecular complexity index is 604. The van der Waals surface area contributed by atoms with E-state index in [1.807, 2.05) is 18.2 Å². The molecule has 0 unspecified atom stereocenters. The minimum atomic E-state index is -2.84. The number of hydrogen-bond donors (Lipinski definition) is 0. The maximum absolute atomic E-state index is 13.7. The lowest BCUT2D eigenvalue weighted by Crippen LogP contribution is -2.29. The molecule has 0 saturated carbocycles. The molecule has 15 heavy (non-hydrogen) atoms. The van der Waals surface area contributed by atoms with Crippen LogP contribution in [0.1, 0.15) is 0 Å². The lowest BCUT2D eigenvalue weighted by Gasteiger charge is -2.18. The molecule has 2 aliphatic rings. The molecule has 0 atom stereocenters. The first-order valence-corrected chi connectivity index (χ1v) is 4.78. The van der Waals surface area contributed by atoms with E-state index in [-0.39, 0.29) is 5.57 Å². The Morgan fingerprint density at radius 3 is 2.73 bits per heavy atom. The van der Waals surface area contributed by atoms with Gasteiger partial charge in [0.1, 0.15) is 0 Å². The zero-order chi connectivity index (χ0) is 10.5. The lowest BCUT2D eigenvalue weighted by molar-refractivity contribution is 0.122. The molecule has 0 heterocycles. The van der Waals surface area contributed by atoms with Gasteiger partial charge in [0.15, 0.2) is 0 Å². The van der Waals surface area contributed by atoms with Gasteiger partial charge < -0.3 is 0 Å². The molecule has 0 N–H and O–H groups in total. The van der Waals surface area contributed by atoms with Crippen LogP contribution in [-0.2, 0) is 0 Å². The number of allylic oxidation sites excluding steroid dienone is 4. The summed E-state index contributed by atoms with van der Waals surface area (Å²) < 4.78 is 27.3. The first-order chi connectivity index (χ1) is 7.18. The summed E-state index contributed by atoms with van der Waals surface area (Å²) >= 11 is 0. The fourth-order valence-corrected chi connectivity index (χ4v) is 2.11. The van der Waals surface area contributed by atoms with Gasteiger partial charge in [-0.1, -0.05) is 36.4 Å². The highest BCUT2D eigenvalue weighted by molar-refractivity contribution is 5.87. The van der Waals surface area contributed by atoms with Crippen LogP contribution in [0.5, 0.6) is 0 Å². The van der Waals surface area contributed by atoms with E-state index in [4.69, 9.17) is 0 Å². The zero-order valence-corrected chi connectivity index (χ0v) is 7.87. The topological polar surface area (TPSA) is 0 Å². The van der Waals surface area contributed by atoms with E-state index in [2.05, 4.69) is 0 Å². The maximum Gasteiger partial charge on any atom is 0.293 e. The second-order valence-electron chi connectivity index (χ2n) is 3.71. The first kappa shape index (κ1) is 8.60. The lowest BCUT2D eigenvalue weighted by atomic mass is 9.96. The molecule has 0 amide bonds. The Morgan fingerprint density at radius 1 is 1.07 bits per heavy atom. The molecular formula is C13H8F2. The van der Waals surface area contributed by atoms with Crippen LogP contribution < -0.4 is 10.4 Å². The van der Waals surface area contributed by atoms with Crippen LogP contribution in [-0.4, -0.2) is 5.92 Å². The number of fused-ring (bicyclic) bond motifs is 2. The van der Waals surface area contributed by atoms with Crippen LogP contribution in [0.4, 0.5) is 8.78 Å². The van der Waals surface area contributed by atoms with Gasteiger partial charge in [0.2, 0.25) is 0 Å². The summed E-state index contributed by atoms with van der Waals surface area (Å²) in [6.45, 7) is 0. The van der Waals surface area contributed by atoms with Crippen LogP contribution in [0.3, 0.4) is 0 Å². The number of hydrogen-bond acceptors (Lipinski definition) is 0. The second kappa shape index (κ2) is 2.66. The molecule has 0 nitrogen and oxygen atoms in total.